The number of ether oxygens (including phenoxy) is 2. The van der Waals surface area contributed by atoms with Crippen LogP contribution in [0.1, 0.15) is 45.4 Å². The summed E-state index contributed by atoms with van der Waals surface area (Å²) in [6.07, 6.45) is 7.35. The Bertz CT molecular complexity index is 189. The average molecular weight is 243 g/mol. The third kappa shape index (κ3) is 5.36. The molecular formula is C14H29NO2. The molecule has 0 bridgehead atoms. The largest absolute Gasteiger partial charge is 0.385 e. The molecule has 17 heavy (non-hydrogen) atoms. The van der Waals surface area contributed by atoms with Gasteiger partial charge in [0.1, 0.15) is 0 Å². The summed E-state index contributed by atoms with van der Waals surface area (Å²) in [4.78, 5) is 0. The molecule has 0 aromatic rings. The fourth-order valence-electron chi connectivity index (χ4n) is 2.63. The Balaban J connectivity index is 2.14. The topological polar surface area (TPSA) is 44.5 Å². The van der Waals surface area contributed by atoms with Gasteiger partial charge in [0.05, 0.1) is 0 Å². The molecule has 0 spiro atoms. The molecule has 0 aromatic heterocycles. The number of rotatable bonds is 8. The van der Waals surface area contributed by atoms with E-state index in [9.17, 15) is 0 Å². The summed E-state index contributed by atoms with van der Waals surface area (Å²) < 4.78 is 10.6. The van der Waals surface area contributed by atoms with Gasteiger partial charge < -0.3 is 15.2 Å². The molecule has 0 aromatic carbocycles. The van der Waals surface area contributed by atoms with E-state index in [1.807, 2.05) is 0 Å². The van der Waals surface area contributed by atoms with Gasteiger partial charge in [0.2, 0.25) is 0 Å². The summed E-state index contributed by atoms with van der Waals surface area (Å²) in [6.45, 7) is 5.63. The molecule has 0 unspecified atom stereocenters. The Kier molecular flexibility index (Phi) is 7.09. The summed E-state index contributed by atoms with van der Waals surface area (Å²) in [5.41, 5.74) is 6.34. The van der Waals surface area contributed by atoms with Gasteiger partial charge in [-0.15, -0.1) is 0 Å². The molecule has 0 amide bonds. The number of nitrogens with two attached hydrogens (primary N) is 1. The van der Waals surface area contributed by atoms with Gasteiger partial charge in [-0.1, -0.05) is 19.8 Å². The first kappa shape index (κ1) is 14.9. The number of hydrogen-bond acceptors (Lipinski definition) is 3. The second-order valence-corrected chi connectivity index (χ2v) is 5.60. The minimum absolute atomic E-state index is 0.369. The minimum Gasteiger partial charge on any atom is -0.385 e. The van der Waals surface area contributed by atoms with Crippen LogP contribution in [-0.2, 0) is 9.47 Å². The molecule has 0 aliphatic heterocycles. The van der Waals surface area contributed by atoms with E-state index >= 15 is 0 Å². The minimum atomic E-state index is 0.369. The molecule has 0 saturated heterocycles. The summed E-state index contributed by atoms with van der Waals surface area (Å²) >= 11 is 0. The monoisotopic (exact) mass is 243 g/mol. The van der Waals surface area contributed by atoms with Gasteiger partial charge in [-0.05, 0) is 43.6 Å². The quantitative estimate of drug-likeness (QED) is 0.666. The lowest BCUT2D eigenvalue weighted by atomic mass is 9.69. The predicted molar refractivity (Wildman–Crippen MR) is 71.0 cm³/mol. The van der Waals surface area contributed by atoms with Crippen LogP contribution < -0.4 is 5.73 Å². The molecule has 0 radical (unpaired) electrons. The van der Waals surface area contributed by atoms with Gasteiger partial charge in [0, 0.05) is 26.9 Å². The summed E-state index contributed by atoms with van der Waals surface area (Å²) in [5, 5.41) is 0. The lowest BCUT2D eigenvalue weighted by Gasteiger charge is -2.38. The fourth-order valence-corrected chi connectivity index (χ4v) is 2.63. The molecule has 1 fully saturated rings. The molecule has 1 aliphatic rings. The van der Waals surface area contributed by atoms with Crippen molar-refractivity contribution >= 4 is 0 Å². The summed E-state index contributed by atoms with van der Waals surface area (Å²) in [7, 11) is 1.73. The van der Waals surface area contributed by atoms with Crippen LogP contribution in [0.25, 0.3) is 0 Å². The molecule has 0 atom stereocenters. The highest BCUT2D eigenvalue weighted by Crippen LogP contribution is 2.40. The van der Waals surface area contributed by atoms with Crippen molar-refractivity contribution in [1.82, 2.24) is 0 Å². The third-order valence-corrected chi connectivity index (χ3v) is 4.18. The van der Waals surface area contributed by atoms with Crippen molar-refractivity contribution in [3.8, 4) is 0 Å². The van der Waals surface area contributed by atoms with E-state index < -0.39 is 0 Å². The molecule has 3 heteroatoms. The zero-order valence-electron chi connectivity index (χ0n) is 11.5. The maximum absolute atomic E-state index is 5.97. The van der Waals surface area contributed by atoms with Gasteiger partial charge in [-0.3, -0.25) is 0 Å². The smallest absolute Gasteiger partial charge is 0.0487 e. The van der Waals surface area contributed by atoms with Crippen LogP contribution in [0.5, 0.6) is 0 Å². The van der Waals surface area contributed by atoms with Crippen molar-refractivity contribution in [3.05, 3.63) is 0 Å². The number of hydrogen-bond donors (Lipinski definition) is 1. The van der Waals surface area contributed by atoms with E-state index in [1.54, 1.807) is 7.11 Å². The predicted octanol–water partition coefficient (Wildman–Crippen LogP) is 2.58. The lowest BCUT2D eigenvalue weighted by molar-refractivity contribution is 0.0587. The Labute approximate surface area is 106 Å². The van der Waals surface area contributed by atoms with Gasteiger partial charge in [0.15, 0.2) is 0 Å². The molecule has 1 saturated carbocycles. The molecule has 2 N–H and O–H groups in total. The standard InChI is InChI=1S/C14H29NO2/c1-13-4-6-14(12-15,7-5-13)8-11-17-10-3-9-16-2/h13H,3-12,15H2,1-2H3. The van der Waals surface area contributed by atoms with E-state index in [0.717, 1.165) is 45.1 Å². The zero-order valence-corrected chi connectivity index (χ0v) is 11.5. The van der Waals surface area contributed by atoms with E-state index in [4.69, 9.17) is 15.2 Å². The van der Waals surface area contributed by atoms with E-state index in [0.29, 0.717) is 5.41 Å². The molecule has 1 aliphatic carbocycles. The molecular weight excluding hydrogens is 214 g/mol. The maximum atomic E-state index is 5.97. The first-order chi connectivity index (χ1) is 8.22. The first-order valence-electron chi connectivity index (χ1n) is 6.99. The highest BCUT2D eigenvalue weighted by molar-refractivity contribution is 4.85. The SMILES string of the molecule is COCCCOCCC1(CN)CCC(C)CC1. The van der Waals surface area contributed by atoms with E-state index in [2.05, 4.69) is 6.92 Å². The van der Waals surface area contributed by atoms with Crippen molar-refractivity contribution in [2.45, 2.75) is 45.4 Å². The van der Waals surface area contributed by atoms with Crippen LogP contribution >= 0.6 is 0 Å². The van der Waals surface area contributed by atoms with Crippen molar-refractivity contribution in [3.63, 3.8) is 0 Å². The van der Waals surface area contributed by atoms with Crippen LogP contribution in [0, 0.1) is 11.3 Å². The Morgan fingerprint density at radius 1 is 1.18 bits per heavy atom. The van der Waals surface area contributed by atoms with Gasteiger partial charge in [-0.2, -0.15) is 0 Å². The highest BCUT2D eigenvalue weighted by Gasteiger charge is 2.32. The van der Waals surface area contributed by atoms with Crippen LogP contribution in [0.15, 0.2) is 0 Å². The van der Waals surface area contributed by atoms with E-state index in [1.165, 1.54) is 25.7 Å². The zero-order chi connectivity index (χ0) is 12.6. The van der Waals surface area contributed by atoms with Crippen LogP contribution in [0.4, 0.5) is 0 Å². The molecule has 3 nitrogen and oxygen atoms in total. The van der Waals surface area contributed by atoms with Crippen molar-refractivity contribution < 1.29 is 9.47 Å². The van der Waals surface area contributed by atoms with Crippen LogP contribution in [0.3, 0.4) is 0 Å². The molecule has 0 heterocycles. The molecule has 102 valence electrons. The van der Waals surface area contributed by atoms with Crippen LogP contribution in [0.2, 0.25) is 0 Å². The van der Waals surface area contributed by atoms with Crippen molar-refractivity contribution in [2.75, 3.05) is 33.5 Å². The summed E-state index contributed by atoms with van der Waals surface area (Å²) in [6, 6.07) is 0. The van der Waals surface area contributed by atoms with E-state index in [-0.39, 0.29) is 0 Å². The molecule has 1 rings (SSSR count). The average Bonchev–Trinajstić information content (AvgIpc) is 2.36. The van der Waals surface area contributed by atoms with Crippen molar-refractivity contribution in [2.24, 2.45) is 17.1 Å². The Morgan fingerprint density at radius 3 is 2.47 bits per heavy atom. The maximum Gasteiger partial charge on any atom is 0.0487 e. The Hall–Kier alpha value is -0.120. The first-order valence-corrected chi connectivity index (χ1v) is 6.99. The second kappa shape index (κ2) is 8.06. The summed E-state index contributed by atoms with van der Waals surface area (Å²) in [5.74, 6) is 0.886. The van der Waals surface area contributed by atoms with Gasteiger partial charge >= 0.3 is 0 Å². The highest BCUT2D eigenvalue weighted by atomic mass is 16.5. The van der Waals surface area contributed by atoms with Crippen molar-refractivity contribution in [1.29, 1.82) is 0 Å². The second-order valence-electron chi connectivity index (χ2n) is 5.60. The number of methoxy groups -OCH3 is 1. The van der Waals surface area contributed by atoms with Gasteiger partial charge in [0.25, 0.3) is 0 Å². The fraction of sp³-hybridized carbons (Fsp3) is 1.00. The lowest BCUT2D eigenvalue weighted by Crippen LogP contribution is -2.35. The normalized spacial score (nSPS) is 29.5. The Morgan fingerprint density at radius 2 is 1.88 bits per heavy atom. The van der Waals surface area contributed by atoms with Gasteiger partial charge in [-0.25, -0.2) is 0 Å². The third-order valence-electron chi connectivity index (χ3n) is 4.18. The van der Waals surface area contributed by atoms with Crippen LogP contribution in [-0.4, -0.2) is 33.5 Å².